The molecule has 2 saturated carbocycles. The van der Waals surface area contributed by atoms with Crippen molar-refractivity contribution >= 4 is 33.1 Å². The maximum Gasteiger partial charge on any atom is 0.221 e. The fourth-order valence-electron chi connectivity index (χ4n) is 7.59. The average molecular weight is 671 g/mol. The van der Waals surface area contributed by atoms with Crippen LogP contribution in [0.25, 0.3) is 21.5 Å². The van der Waals surface area contributed by atoms with Crippen molar-refractivity contribution in [1.29, 1.82) is 0 Å². The molecule has 0 unspecified atom stereocenters. The number of nitrogens with zero attached hydrogens (tertiary/aromatic N) is 2. The van der Waals surface area contributed by atoms with Gasteiger partial charge in [-0.25, -0.2) is 9.97 Å². The van der Waals surface area contributed by atoms with Crippen LogP contribution in [-0.2, 0) is 10.8 Å². The molecule has 6 aromatic rings. The second-order valence-corrected chi connectivity index (χ2v) is 13.9. The summed E-state index contributed by atoms with van der Waals surface area (Å²) in [4.78, 5) is 8.47. The van der Waals surface area contributed by atoms with Crippen molar-refractivity contribution in [2.24, 2.45) is 0 Å². The minimum absolute atomic E-state index is 0.0690. The SMILES string of the molecule is Clc1nccc2ccccc12.OCC1(c2ccccc2)CCCCC1.c1ccc(C2(COc3nccc4ccccc34)CCCCC2)cc1. The molecule has 0 saturated heterocycles. The molecule has 2 fully saturated rings. The van der Waals surface area contributed by atoms with E-state index in [9.17, 15) is 5.11 Å². The van der Waals surface area contributed by atoms with E-state index in [4.69, 9.17) is 16.3 Å². The highest BCUT2D eigenvalue weighted by Crippen LogP contribution is 2.41. The van der Waals surface area contributed by atoms with Crippen LogP contribution in [0.4, 0.5) is 0 Å². The molecule has 4 nitrogen and oxygen atoms in total. The number of halogens is 1. The molecule has 1 N–H and O–H groups in total. The Morgan fingerprint density at radius 2 is 1.00 bits per heavy atom. The molecule has 49 heavy (non-hydrogen) atoms. The number of rotatable bonds is 6. The maximum atomic E-state index is 9.59. The lowest BCUT2D eigenvalue weighted by molar-refractivity contribution is 0.152. The standard InChI is InChI=1S/C22H23NO.C13H18O.C9H6ClN/c1-3-10-19(11-4-1)22(14-7-2-8-15-22)17-24-21-20-12-6-5-9-18(20)13-16-23-21;14-11-13(9-5-2-6-10-13)12-7-3-1-4-8-12;10-9-8-4-2-1-3-7(8)5-6-11-9/h1,3-6,9-13,16H,2,7-8,14-15,17H2;1,3-4,7-8,14H,2,5-6,9-11H2;1-6H. The third-order valence-corrected chi connectivity index (χ3v) is 10.7. The van der Waals surface area contributed by atoms with E-state index in [-0.39, 0.29) is 10.8 Å². The van der Waals surface area contributed by atoms with Gasteiger partial charge >= 0.3 is 0 Å². The second kappa shape index (κ2) is 16.9. The van der Waals surface area contributed by atoms with Crippen LogP contribution in [0.2, 0.25) is 5.15 Å². The normalized spacial score (nSPS) is 16.4. The molecule has 252 valence electrons. The fraction of sp³-hybridized carbons (Fsp3) is 0.318. The molecule has 2 heterocycles. The van der Waals surface area contributed by atoms with E-state index in [0.29, 0.717) is 18.4 Å². The van der Waals surface area contributed by atoms with Crippen LogP contribution >= 0.6 is 11.6 Å². The van der Waals surface area contributed by atoms with Gasteiger partial charge in [0.15, 0.2) is 0 Å². The predicted octanol–water partition coefficient (Wildman–Crippen LogP) is 11.3. The molecule has 2 aliphatic rings. The van der Waals surface area contributed by atoms with Gasteiger partial charge in [-0.1, -0.05) is 153 Å². The number of ether oxygens (including phenoxy) is 1. The summed E-state index contributed by atoms with van der Waals surface area (Å²) >= 11 is 5.85. The third-order valence-electron chi connectivity index (χ3n) is 10.4. The molecular weight excluding hydrogens is 624 g/mol. The zero-order chi connectivity index (χ0) is 33.8. The highest BCUT2D eigenvalue weighted by Gasteiger charge is 2.35. The number of fused-ring (bicyclic) bond motifs is 2. The Labute approximate surface area is 296 Å². The molecule has 0 bridgehead atoms. The zero-order valence-corrected chi connectivity index (χ0v) is 29.1. The van der Waals surface area contributed by atoms with E-state index in [1.54, 1.807) is 6.20 Å². The lowest BCUT2D eigenvalue weighted by Crippen LogP contribution is -2.35. The van der Waals surface area contributed by atoms with Gasteiger partial charge in [0, 0.05) is 34.0 Å². The zero-order valence-electron chi connectivity index (χ0n) is 28.3. The molecule has 0 radical (unpaired) electrons. The van der Waals surface area contributed by atoms with Crippen LogP contribution in [0.3, 0.4) is 0 Å². The summed E-state index contributed by atoms with van der Waals surface area (Å²) in [5, 5.41) is 14.6. The summed E-state index contributed by atoms with van der Waals surface area (Å²) in [7, 11) is 0. The first-order valence-electron chi connectivity index (χ1n) is 17.8. The smallest absolute Gasteiger partial charge is 0.221 e. The Bertz CT molecular complexity index is 1870. The minimum atomic E-state index is 0.0690. The number of benzene rings is 4. The van der Waals surface area contributed by atoms with Gasteiger partial charge in [-0.05, 0) is 65.8 Å². The quantitative estimate of drug-likeness (QED) is 0.179. The van der Waals surface area contributed by atoms with E-state index < -0.39 is 0 Å². The number of aromatic nitrogens is 2. The number of pyridine rings is 2. The topological polar surface area (TPSA) is 55.2 Å². The van der Waals surface area contributed by atoms with Gasteiger partial charge in [-0.2, -0.15) is 0 Å². The number of hydrogen-bond donors (Lipinski definition) is 1. The third kappa shape index (κ3) is 8.49. The van der Waals surface area contributed by atoms with Gasteiger partial charge in [0.1, 0.15) is 5.15 Å². The fourth-order valence-corrected chi connectivity index (χ4v) is 7.82. The first-order chi connectivity index (χ1) is 24.1. The Hall–Kier alpha value is -4.25. The molecule has 0 spiro atoms. The number of aliphatic hydroxyl groups excluding tert-OH is 1. The minimum Gasteiger partial charge on any atom is -0.476 e. The summed E-state index contributed by atoms with van der Waals surface area (Å²) < 4.78 is 6.31. The van der Waals surface area contributed by atoms with E-state index >= 15 is 0 Å². The highest BCUT2D eigenvalue weighted by molar-refractivity contribution is 6.34. The van der Waals surface area contributed by atoms with Crippen LogP contribution in [0.1, 0.15) is 75.3 Å². The van der Waals surface area contributed by atoms with Crippen molar-refractivity contribution in [3.05, 3.63) is 150 Å². The first kappa shape index (κ1) is 34.6. The Morgan fingerprint density at radius 3 is 1.57 bits per heavy atom. The van der Waals surface area contributed by atoms with E-state index in [2.05, 4.69) is 82.8 Å². The largest absolute Gasteiger partial charge is 0.476 e. The molecule has 2 aromatic heterocycles. The predicted molar refractivity (Wildman–Crippen MR) is 203 cm³/mol. The summed E-state index contributed by atoms with van der Waals surface area (Å²) in [6.07, 6.45) is 16.0. The van der Waals surface area contributed by atoms with Crippen molar-refractivity contribution in [3.63, 3.8) is 0 Å². The molecule has 0 amide bonds. The first-order valence-corrected chi connectivity index (χ1v) is 18.2. The van der Waals surface area contributed by atoms with Crippen LogP contribution in [0.5, 0.6) is 5.88 Å². The Morgan fingerprint density at radius 1 is 0.531 bits per heavy atom. The van der Waals surface area contributed by atoms with Gasteiger partial charge in [0.2, 0.25) is 5.88 Å². The average Bonchev–Trinajstić information content (AvgIpc) is 3.19. The monoisotopic (exact) mass is 670 g/mol. The molecule has 0 aliphatic heterocycles. The van der Waals surface area contributed by atoms with Gasteiger partial charge < -0.3 is 9.84 Å². The molecule has 4 aromatic carbocycles. The van der Waals surface area contributed by atoms with Crippen molar-refractivity contribution in [3.8, 4) is 5.88 Å². The summed E-state index contributed by atoms with van der Waals surface area (Å²) in [5.74, 6) is 0.758. The van der Waals surface area contributed by atoms with Crippen LogP contribution in [-0.4, -0.2) is 28.3 Å². The molecular formula is C44H47ClN2O2. The van der Waals surface area contributed by atoms with E-state index in [1.165, 1.54) is 67.9 Å². The maximum absolute atomic E-state index is 9.59. The van der Waals surface area contributed by atoms with Crippen molar-refractivity contribution in [2.75, 3.05) is 13.2 Å². The molecule has 8 rings (SSSR count). The lowest BCUT2D eigenvalue weighted by atomic mass is 9.70. The Kier molecular flexibility index (Phi) is 11.9. The van der Waals surface area contributed by atoms with Crippen molar-refractivity contribution in [2.45, 2.75) is 75.0 Å². The van der Waals surface area contributed by atoms with Crippen molar-refractivity contribution < 1.29 is 9.84 Å². The van der Waals surface area contributed by atoms with Gasteiger partial charge in [-0.15, -0.1) is 0 Å². The lowest BCUT2D eigenvalue weighted by Gasteiger charge is -2.37. The van der Waals surface area contributed by atoms with E-state index in [0.717, 1.165) is 34.9 Å². The van der Waals surface area contributed by atoms with Gasteiger partial charge in [0.05, 0.1) is 13.2 Å². The van der Waals surface area contributed by atoms with Crippen LogP contribution < -0.4 is 4.74 Å². The second-order valence-electron chi connectivity index (χ2n) is 13.5. The number of aliphatic hydroxyl groups is 1. The molecule has 2 aliphatic carbocycles. The molecule has 5 heteroatoms. The summed E-state index contributed by atoms with van der Waals surface area (Å²) in [6.45, 7) is 1.01. The van der Waals surface area contributed by atoms with Crippen molar-refractivity contribution in [1.82, 2.24) is 9.97 Å². The highest BCUT2D eigenvalue weighted by atomic mass is 35.5. The van der Waals surface area contributed by atoms with Gasteiger partial charge in [-0.3, -0.25) is 0 Å². The Balaban J connectivity index is 0.000000141. The summed E-state index contributed by atoms with van der Waals surface area (Å²) in [6, 6.07) is 41.6. The van der Waals surface area contributed by atoms with Crippen LogP contribution in [0.15, 0.2) is 134 Å². The van der Waals surface area contributed by atoms with Gasteiger partial charge in [0.25, 0.3) is 0 Å². The number of hydrogen-bond acceptors (Lipinski definition) is 4. The van der Waals surface area contributed by atoms with E-state index in [1.807, 2.05) is 54.7 Å². The summed E-state index contributed by atoms with van der Waals surface area (Å²) in [5.41, 5.74) is 2.92. The van der Waals surface area contributed by atoms with Crippen LogP contribution in [0, 0.1) is 0 Å². The molecule has 0 atom stereocenters.